The quantitative estimate of drug-likeness (QED) is 0.824. The molecule has 4 rings (SSSR count). The lowest BCUT2D eigenvalue weighted by molar-refractivity contribution is 0.0131. The van der Waals surface area contributed by atoms with Gasteiger partial charge in [0.15, 0.2) is 5.60 Å². The molecule has 4 nitrogen and oxygen atoms in total. The molecule has 0 aliphatic carbocycles. The molecule has 0 N–H and O–H groups in total. The average molecular weight is 350 g/mol. The molecule has 26 heavy (non-hydrogen) atoms. The topological polar surface area (TPSA) is 32.8 Å². The lowest BCUT2D eigenvalue weighted by Gasteiger charge is -2.46. The summed E-state index contributed by atoms with van der Waals surface area (Å²) in [6.07, 6.45) is -0.212. The molecule has 2 aliphatic rings. The Labute approximate surface area is 155 Å². The van der Waals surface area contributed by atoms with Gasteiger partial charge in [-0.05, 0) is 20.8 Å². The van der Waals surface area contributed by atoms with Crippen molar-refractivity contribution in [1.82, 2.24) is 9.80 Å². The Balaban J connectivity index is 1.87. The minimum atomic E-state index is -0.774. The predicted molar refractivity (Wildman–Crippen MR) is 102 cm³/mol. The monoisotopic (exact) mass is 350 g/mol. The first kappa shape index (κ1) is 17.1. The van der Waals surface area contributed by atoms with E-state index in [0.29, 0.717) is 6.54 Å². The smallest absolute Gasteiger partial charge is 0.411 e. The summed E-state index contributed by atoms with van der Waals surface area (Å²) in [7, 11) is 0. The molecule has 0 aromatic heterocycles. The van der Waals surface area contributed by atoms with Gasteiger partial charge in [-0.2, -0.15) is 0 Å². The fourth-order valence-corrected chi connectivity index (χ4v) is 4.26. The standard InChI is InChI=1S/C22H26N2O2/c1-21(2,3)23-14-15-24-19(16-23)22(26-20(24)25,17-10-6-4-7-11-17)18-12-8-5-9-13-18/h4-13,19H,14-16H2,1-3H3/t19-/m0/s1. The molecule has 2 heterocycles. The number of piperazine rings is 1. The predicted octanol–water partition coefficient (Wildman–Crippen LogP) is 3.87. The zero-order valence-corrected chi connectivity index (χ0v) is 15.7. The Hall–Kier alpha value is -2.33. The highest BCUT2D eigenvalue weighted by Gasteiger charge is 2.58. The van der Waals surface area contributed by atoms with E-state index in [1.54, 1.807) is 0 Å². The van der Waals surface area contributed by atoms with Crippen molar-refractivity contribution in [3.05, 3.63) is 71.8 Å². The highest BCUT2D eigenvalue weighted by atomic mass is 16.6. The lowest BCUT2D eigenvalue weighted by atomic mass is 9.78. The van der Waals surface area contributed by atoms with Gasteiger partial charge in [-0.1, -0.05) is 60.7 Å². The van der Waals surface area contributed by atoms with Gasteiger partial charge < -0.3 is 4.74 Å². The Bertz CT molecular complexity index is 743. The van der Waals surface area contributed by atoms with Crippen LogP contribution in [0.5, 0.6) is 0 Å². The maximum atomic E-state index is 12.8. The molecule has 2 aliphatic heterocycles. The van der Waals surface area contributed by atoms with E-state index in [1.807, 2.05) is 41.3 Å². The van der Waals surface area contributed by atoms with Crippen molar-refractivity contribution in [3.8, 4) is 0 Å². The molecular formula is C22H26N2O2. The first-order valence-corrected chi connectivity index (χ1v) is 9.28. The van der Waals surface area contributed by atoms with Gasteiger partial charge >= 0.3 is 6.09 Å². The minimum Gasteiger partial charge on any atom is -0.431 e. The van der Waals surface area contributed by atoms with Crippen molar-refractivity contribution in [2.45, 2.75) is 38.0 Å². The molecule has 0 radical (unpaired) electrons. The summed E-state index contributed by atoms with van der Waals surface area (Å²) in [5, 5.41) is 0. The number of carbonyl (C=O) groups is 1. The van der Waals surface area contributed by atoms with Crippen molar-refractivity contribution in [2.24, 2.45) is 0 Å². The van der Waals surface area contributed by atoms with Crippen LogP contribution in [0.15, 0.2) is 60.7 Å². The number of amides is 1. The number of rotatable bonds is 2. The van der Waals surface area contributed by atoms with Crippen molar-refractivity contribution < 1.29 is 9.53 Å². The molecule has 2 aromatic rings. The van der Waals surface area contributed by atoms with Crippen LogP contribution in [0.4, 0.5) is 4.79 Å². The van der Waals surface area contributed by atoms with Gasteiger partial charge in [-0.3, -0.25) is 9.80 Å². The number of nitrogens with zero attached hydrogens (tertiary/aromatic N) is 2. The Morgan fingerprint density at radius 3 is 1.96 bits per heavy atom. The SMILES string of the molecule is CC(C)(C)N1CCN2C(=O)OC(c3ccccc3)(c3ccccc3)[C@@H]2C1. The molecule has 1 atom stereocenters. The van der Waals surface area contributed by atoms with E-state index in [-0.39, 0.29) is 17.7 Å². The molecule has 0 bridgehead atoms. The molecule has 0 saturated carbocycles. The van der Waals surface area contributed by atoms with Crippen LogP contribution >= 0.6 is 0 Å². The number of hydrogen-bond acceptors (Lipinski definition) is 3. The van der Waals surface area contributed by atoms with Gasteiger partial charge in [0.1, 0.15) is 0 Å². The molecule has 136 valence electrons. The fraction of sp³-hybridized carbons (Fsp3) is 0.409. The molecule has 4 heteroatoms. The molecule has 2 fully saturated rings. The summed E-state index contributed by atoms with van der Waals surface area (Å²) >= 11 is 0. The third-order valence-corrected chi connectivity index (χ3v) is 5.69. The number of ether oxygens (including phenoxy) is 1. The number of cyclic esters (lactones) is 1. The highest BCUT2D eigenvalue weighted by Crippen LogP contribution is 2.46. The molecule has 1 amide bonds. The molecular weight excluding hydrogens is 324 g/mol. The Morgan fingerprint density at radius 2 is 1.46 bits per heavy atom. The van der Waals surface area contributed by atoms with Crippen molar-refractivity contribution >= 4 is 6.09 Å². The summed E-state index contributed by atoms with van der Waals surface area (Å²) in [6, 6.07) is 20.3. The van der Waals surface area contributed by atoms with Gasteiger partial charge in [-0.15, -0.1) is 0 Å². The highest BCUT2D eigenvalue weighted by molar-refractivity contribution is 5.74. The van der Waals surface area contributed by atoms with Crippen LogP contribution in [0.2, 0.25) is 0 Å². The van der Waals surface area contributed by atoms with E-state index in [9.17, 15) is 4.79 Å². The second-order valence-electron chi connectivity index (χ2n) is 8.16. The first-order valence-electron chi connectivity index (χ1n) is 9.28. The molecule has 2 aromatic carbocycles. The van der Waals surface area contributed by atoms with E-state index in [2.05, 4.69) is 49.9 Å². The van der Waals surface area contributed by atoms with E-state index in [4.69, 9.17) is 4.74 Å². The van der Waals surface area contributed by atoms with Gasteiger partial charge in [-0.25, -0.2) is 4.79 Å². The van der Waals surface area contributed by atoms with Gasteiger partial charge in [0.25, 0.3) is 0 Å². The van der Waals surface area contributed by atoms with E-state index < -0.39 is 5.60 Å². The molecule has 0 spiro atoms. The number of hydrogen-bond donors (Lipinski definition) is 0. The zero-order chi connectivity index (χ0) is 18.4. The third-order valence-electron chi connectivity index (χ3n) is 5.69. The maximum absolute atomic E-state index is 12.8. The van der Waals surface area contributed by atoms with Crippen LogP contribution in [-0.2, 0) is 10.3 Å². The van der Waals surface area contributed by atoms with Crippen molar-refractivity contribution in [1.29, 1.82) is 0 Å². The first-order chi connectivity index (χ1) is 12.4. The number of fused-ring (bicyclic) bond motifs is 1. The second-order valence-corrected chi connectivity index (χ2v) is 8.16. The summed E-state index contributed by atoms with van der Waals surface area (Å²) < 4.78 is 6.19. The summed E-state index contributed by atoms with van der Waals surface area (Å²) in [5.74, 6) is 0. The van der Waals surface area contributed by atoms with E-state index in [1.165, 1.54) is 0 Å². The van der Waals surface area contributed by atoms with Crippen molar-refractivity contribution in [3.63, 3.8) is 0 Å². The van der Waals surface area contributed by atoms with E-state index in [0.717, 1.165) is 24.2 Å². The Morgan fingerprint density at radius 1 is 0.923 bits per heavy atom. The van der Waals surface area contributed by atoms with Crippen LogP contribution in [0, 0.1) is 0 Å². The minimum absolute atomic E-state index is 0.0484. The number of carbonyl (C=O) groups excluding carboxylic acids is 1. The third kappa shape index (κ3) is 2.60. The van der Waals surface area contributed by atoms with Gasteiger partial charge in [0.05, 0.1) is 6.04 Å². The normalized spacial score (nSPS) is 22.8. The van der Waals surface area contributed by atoms with Gasteiger partial charge in [0, 0.05) is 36.3 Å². The Kier molecular flexibility index (Phi) is 4.03. The zero-order valence-electron chi connectivity index (χ0n) is 15.7. The van der Waals surface area contributed by atoms with Crippen molar-refractivity contribution in [2.75, 3.05) is 19.6 Å². The van der Waals surface area contributed by atoms with Crippen LogP contribution in [0.3, 0.4) is 0 Å². The van der Waals surface area contributed by atoms with E-state index >= 15 is 0 Å². The fourth-order valence-electron chi connectivity index (χ4n) is 4.26. The number of benzene rings is 2. The second kappa shape index (κ2) is 6.13. The summed E-state index contributed by atoms with van der Waals surface area (Å²) in [6.45, 7) is 9.04. The van der Waals surface area contributed by atoms with Crippen LogP contribution in [-0.4, -0.2) is 47.1 Å². The lowest BCUT2D eigenvalue weighted by Crippen LogP contribution is -2.61. The van der Waals surface area contributed by atoms with Crippen LogP contribution in [0.25, 0.3) is 0 Å². The maximum Gasteiger partial charge on any atom is 0.411 e. The van der Waals surface area contributed by atoms with Crippen LogP contribution in [0.1, 0.15) is 31.9 Å². The van der Waals surface area contributed by atoms with Crippen LogP contribution < -0.4 is 0 Å². The average Bonchev–Trinajstić information content (AvgIpc) is 2.96. The molecule has 2 saturated heterocycles. The largest absolute Gasteiger partial charge is 0.431 e. The van der Waals surface area contributed by atoms with Gasteiger partial charge in [0.2, 0.25) is 0 Å². The molecule has 0 unspecified atom stereocenters. The summed E-state index contributed by atoms with van der Waals surface area (Å²) in [5.41, 5.74) is 1.34. The summed E-state index contributed by atoms with van der Waals surface area (Å²) in [4.78, 5) is 17.2.